The third kappa shape index (κ3) is 3.40. The molecule has 1 amide bonds. The van der Waals surface area contributed by atoms with Gasteiger partial charge in [-0.15, -0.1) is 12.3 Å². The Kier molecular flexibility index (Phi) is 4.39. The van der Waals surface area contributed by atoms with E-state index in [2.05, 4.69) is 26.8 Å². The fraction of sp³-hybridized carbons (Fsp3) is 0.471. The average molecular weight is 314 g/mol. The standard InChI is InChI=1S/C17H19FN4O/c1-2-3-7-17(21-22-17)8-10-20-16(23)13-4-5-15(18)14-11-19-9-6-12(13)14/h1,4-5,19H,3,6-11H2,(H,20,23). The van der Waals surface area contributed by atoms with Crippen LogP contribution in [-0.2, 0) is 13.0 Å². The molecule has 0 atom stereocenters. The highest BCUT2D eigenvalue weighted by molar-refractivity contribution is 5.96. The molecule has 0 fully saturated rings. The van der Waals surface area contributed by atoms with Crippen LogP contribution in [0.4, 0.5) is 4.39 Å². The van der Waals surface area contributed by atoms with Gasteiger partial charge in [-0.2, -0.15) is 10.2 Å². The second-order valence-corrected chi connectivity index (χ2v) is 5.87. The number of halogens is 1. The maximum absolute atomic E-state index is 13.8. The number of nitrogens with one attached hydrogen (secondary N) is 2. The number of terminal acetylenes is 1. The highest BCUT2D eigenvalue weighted by atomic mass is 19.1. The van der Waals surface area contributed by atoms with Gasteiger partial charge in [-0.05, 0) is 30.7 Å². The highest BCUT2D eigenvalue weighted by Gasteiger charge is 2.38. The number of carbonyl (C=O) groups excluding carboxylic acids is 1. The topological polar surface area (TPSA) is 65.8 Å². The third-order valence-electron chi connectivity index (χ3n) is 4.34. The summed E-state index contributed by atoms with van der Waals surface area (Å²) < 4.78 is 13.8. The van der Waals surface area contributed by atoms with Crippen molar-refractivity contribution < 1.29 is 9.18 Å². The van der Waals surface area contributed by atoms with E-state index in [0.717, 1.165) is 18.5 Å². The van der Waals surface area contributed by atoms with Gasteiger partial charge in [0.15, 0.2) is 5.66 Å². The van der Waals surface area contributed by atoms with E-state index in [9.17, 15) is 9.18 Å². The summed E-state index contributed by atoms with van der Waals surface area (Å²) in [5, 5.41) is 14.1. The van der Waals surface area contributed by atoms with Crippen LogP contribution in [0, 0.1) is 18.2 Å². The first-order valence-electron chi connectivity index (χ1n) is 7.82. The molecule has 2 aliphatic rings. The smallest absolute Gasteiger partial charge is 0.251 e. The van der Waals surface area contributed by atoms with Gasteiger partial charge in [0.25, 0.3) is 5.91 Å². The van der Waals surface area contributed by atoms with Gasteiger partial charge in [0.05, 0.1) is 0 Å². The first-order valence-corrected chi connectivity index (χ1v) is 7.82. The summed E-state index contributed by atoms with van der Waals surface area (Å²) in [6.45, 7) is 1.69. The molecule has 23 heavy (non-hydrogen) atoms. The number of fused-ring (bicyclic) bond motifs is 1. The zero-order valence-electron chi connectivity index (χ0n) is 12.9. The predicted molar refractivity (Wildman–Crippen MR) is 84.4 cm³/mol. The zero-order chi connectivity index (χ0) is 16.3. The second-order valence-electron chi connectivity index (χ2n) is 5.87. The highest BCUT2D eigenvalue weighted by Crippen LogP contribution is 2.36. The van der Waals surface area contributed by atoms with Crippen LogP contribution in [0.15, 0.2) is 22.4 Å². The first-order chi connectivity index (χ1) is 11.2. The van der Waals surface area contributed by atoms with E-state index in [-0.39, 0.29) is 11.7 Å². The van der Waals surface area contributed by atoms with Crippen molar-refractivity contribution in [1.82, 2.24) is 10.6 Å². The molecule has 120 valence electrons. The minimum absolute atomic E-state index is 0.170. The quantitative estimate of drug-likeness (QED) is 0.790. The maximum atomic E-state index is 13.8. The van der Waals surface area contributed by atoms with Crippen molar-refractivity contribution in [2.45, 2.75) is 37.9 Å². The molecule has 2 N–H and O–H groups in total. The van der Waals surface area contributed by atoms with E-state index in [1.807, 2.05) is 0 Å². The number of carbonyl (C=O) groups is 1. The average Bonchev–Trinajstić information content (AvgIpc) is 3.33. The number of benzene rings is 1. The molecule has 0 aliphatic carbocycles. The van der Waals surface area contributed by atoms with Crippen molar-refractivity contribution in [3.05, 3.63) is 34.6 Å². The maximum Gasteiger partial charge on any atom is 0.251 e. The lowest BCUT2D eigenvalue weighted by molar-refractivity contribution is 0.0950. The predicted octanol–water partition coefficient (Wildman–Crippen LogP) is 2.17. The van der Waals surface area contributed by atoms with E-state index in [1.165, 1.54) is 6.07 Å². The van der Waals surface area contributed by atoms with E-state index < -0.39 is 5.66 Å². The minimum atomic E-state index is -0.397. The van der Waals surface area contributed by atoms with Gasteiger partial charge in [0.2, 0.25) is 0 Å². The summed E-state index contributed by atoms with van der Waals surface area (Å²) in [5.74, 6) is 2.15. The van der Waals surface area contributed by atoms with Gasteiger partial charge in [-0.1, -0.05) is 0 Å². The largest absolute Gasteiger partial charge is 0.352 e. The second kappa shape index (κ2) is 6.47. The van der Waals surface area contributed by atoms with Crippen molar-refractivity contribution >= 4 is 5.91 Å². The SMILES string of the molecule is C#CCCC1(CCNC(=O)c2ccc(F)c3c2CCNC3)N=N1. The van der Waals surface area contributed by atoms with Gasteiger partial charge in [0, 0.05) is 43.5 Å². The summed E-state index contributed by atoms with van der Waals surface area (Å²) in [6.07, 6.45) is 7.90. The summed E-state index contributed by atoms with van der Waals surface area (Å²) in [6, 6.07) is 2.93. The Balaban J connectivity index is 1.60. The summed E-state index contributed by atoms with van der Waals surface area (Å²) in [5.41, 5.74) is 1.57. The molecule has 5 nitrogen and oxygen atoms in total. The molecule has 1 aromatic carbocycles. The molecule has 0 aromatic heterocycles. The Hall–Kier alpha value is -2.26. The lowest BCUT2D eigenvalue weighted by atomic mass is 9.94. The van der Waals surface area contributed by atoms with Crippen molar-refractivity contribution in [1.29, 1.82) is 0 Å². The molecule has 0 bridgehead atoms. The van der Waals surface area contributed by atoms with E-state index in [1.54, 1.807) is 6.07 Å². The molecule has 1 aromatic rings. The van der Waals surface area contributed by atoms with Crippen LogP contribution >= 0.6 is 0 Å². The van der Waals surface area contributed by atoms with E-state index in [4.69, 9.17) is 6.42 Å². The molecular formula is C17H19FN4O. The zero-order valence-corrected chi connectivity index (χ0v) is 12.9. The number of amides is 1. The molecular weight excluding hydrogens is 295 g/mol. The lowest BCUT2D eigenvalue weighted by Gasteiger charge is -2.20. The summed E-state index contributed by atoms with van der Waals surface area (Å²) >= 11 is 0. The van der Waals surface area contributed by atoms with Crippen LogP contribution in [0.25, 0.3) is 0 Å². The molecule has 3 rings (SSSR count). The van der Waals surface area contributed by atoms with Crippen molar-refractivity contribution in [2.75, 3.05) is 13.1 Å². The molecule has 0 radical (unpaired) electrons. The number of hydrogen-bond acceptors (Lipinski definition) is 4. The number of rotatable bonds is 6. The van der Waals surface area contributed by atoms with Crippen molar-refractivity contribution in [2.24, 2.45) is 10.2 Å². The Morgan fingerprint density at radius 2 is 2.22 bits per heavy atom. The van der Waals surface area contributed by atoms with Crippen LogP contribution in [-0.4, -0.2) is 24.7 Å². The summed E-state index contributed by atoms with van der Waals surface area (Å²) in [7, 11) is 0. The van der Waals surface area contributed by atoms with Gasteiger partial charge < -0.3 is 10.6 Å². The lowest BCUT2D eigenvalue weighted by Crippen LogP contribution is -2.32. The van der Waals surface area contributed by atoms with Crippen LogP contribution in [0.1, 0.15) is 40.7 Å². The molecule has 0 unspecified atom stereocenters. The van der Waals surface area contributed by atoms with E-state index >= 15 is 0 Å². The summed E-state index contributed by atoms with van der Waals surface area (Å²) in [4.78, 5) is 12.4. The first kappa shape index (κ1) is 15.6. The molecule has 0 spiro atoms. The fourth-order valence-electron chi connectivity index (χ4n) is 2.92. The molecule has 0 saturated carbocycles. The normalized spacial score (nSPS) is 17.2. The third-order valence-corrected chi connectivity index (χ3v) is 4.34. The Morgan fingerprint density at radius 3 is 2.96 bits per heavy atom. The minimum Gasteiger partial charge on any atom is -0.352 e. The van der Waals surface area contributed by atoms with Gasteiger partial charge in [-0.3, -0.25) is 4.79 Å². The van der Waals surface area contributed by atoms with Gasteiger partial charge in [-0.25, -0.2) is 4.39 Å². The Bertz CT molecular complexity index is 687. The molecule has 2 heterocycles. The van der Waals surface area contributed by atoms with Gasteiger partial charge >= 0.3 is 0 Å². The molecule has 2 aliphatic heterocycles. The Labute approximate surface area is 134 Å². The van der Waals surface area contributed by atoms with E-state index in [0.29, 0.717) is 43.5 Å². The fourth-order valence-corrected chi connectivity index (χ4v) is 2.92. The van der Waals surface area contributed by atoms with Gasteiger partial charge in [0.1, 0.15) is 5.82 Å². The Morgan fingerprint density at radius 1 is 1.39 bits per heavy atom. The molecule has 6 heteroatoms. The van der Waals surface area contributed by atoms with Crippen molar-refractivity contribution in [3.8, 4) is 12.3 Å². The van der Waals surface area contributed by atoms with Crippen LogP contribution in [0.2, 0.25) is 0 Å². The van der Waals surface area contributed by atoms with Crippen LogP contribution < -0.4 is 10.6 Å². The number of hydrogen-bond donors (Lipinski definition) is 2. The van der Waals surface area contributed by atoms with Crippen LogP contribution in [0.3, 0.4) is 0 Å². The monoisotopic (exact) mass is 314 g/mol. The van der Waals surface area contributed by atoms with Crippen molar-refractivity contribution in [3.63, 3.8) is 0 Å². The molecule has 0 saturated heterocycles. The van der Waals surface area contributed by atoms with Crippen LogP contribution in [0.5, 0.6) is 0 Å². The number of nitrogens with zero attached hydrogens (tertiary/aromatic N) is 2.